The van der Waals surface area contributed by atoms with Crippen LogP contribution in [0.25, 0.3) is 0 Å². The Labute approximate surface area is 116 Å². The lowest BCUT2D eigenvalue weighted by Crippen LogP contribution is -2.04. The van der Waals surface area contributed by atoms with Gasteiger partial charge in [0.15, 0.2) is 0 Å². The van der Waals surface area contributed by atoms with Crippen molar-refractivity contribution in [2.45, 2.75) is 33.7 Å². The highest BCUT2D eigenvalue weighted by molar-refractivity contribution is 14.1. The molecule has 0 unspecified atom stereocenters. The van der Waals surface area contributed by atoms with E-state index in [1.165, 1.54) is 20.4 Å². The number of nitrogens with zero attached hydrogens (tertiary/aromatic N) is 2. The van der Waals surface area contributed by atoms with E-state index in [9.17, 15) is 0 Å². The largest absolute Gasteiger partial charge is 0.264 e. The van der Waals surface area contributed by atoms with Crippen LogP contribution in [-0.4, -0.2) is 9.78 Å². The van der Waals surface area contributed by atoms with Gasteiger partial charge in [0.1, 0.15) is 0 Å². The Kier molecular flexibility index (Phi) is 3.86. The molecule has 0 aliphatic heterocycles. The van der Waals surface area contributed by atoms with Crippen LogP contribution in [0.2, 0.25) is 0 Å². The zero-order valence-electron chi connectivity index (χ0n) is 10.5. The van der Waals surface area contributed by atoms with Gasteiger partial charge in [-0.15, -0.1) is 0 Å². The van der Waals surface area contributed by atoms with Crippen molar-refractivity contribution in [1.82, 2.24) is 9.78 Å². The van der Waals surface area contributed by atoms with Gasteiger partial charge in [-0.2, -0.15) is 5.10 Å². The van der Waals surface area contributed by atoms with Gasteiger partial charge < -0.3 is 0 Å². The Morgan fingerprint density at radius 2 is 1.71 bits per heavy atom. The van der Waals surface area contributed by atoms with Gasteiger partial charge in [0, 0.05) is 5.69 Å². The molecule has 0 saturated heterocycles. The number of halogens is 1. The predicted octanol–water partition coefficient (Wildman–Crippen LogP) is 3.72. The maximum absolute atomic E-state index is 4.56. The molecule has 1 aromatic carbocycles. The van der Waals surface area contributed by atoms with E-state index < -0.39 is 0 Å². The molecule has 2 rings (SSSR count). The second-order valence-electron chi connectivity index (χ2n) is 4.31. The van der Waals surface area contributed by atoms with E-state index in [-0.39, 0.29) is 0 Å². The number of aromatic nitrogens is 2. The molecule has 0 bridgehead atoms. The minimum absolute atomic E-state index is 0.861. The first-order chi connectivity index (χ1) is 8.11. The zero-order valence-corrected chi connectivity index (χ0v) is 12.7. The molecule has 0 atom stereocenters. The molecule has 90 valence electrons. The molecule has 17 heavy (non-hydrogen) atoms. The normalized spacial score (nSPS) is 10.8. The van der Waals surface area contributed by atoms with Gasteiger partial charge in [0.2, 0.25) is 0 Å². The van der Waals surface area contributed by atoms with Crippen molar-refractivity contribution >= 4 is 22.6 Å². The van der Waals surface area contributed by atoms with E-state index in [1.54, 1.807) is 0 Å². The van der Waals surface area contributed by atoms with E-state index in [0.29, 0.717) is 0 Å². The van der Waals surface area contributed by atoms with Gasteiger partial charge in [-0.3, -0.25) is 4.68 Å². The van der Waals surface area contributed by atoms with Gasteiger partial charge in [-0.1, -0.05) is 31.2 Å². The summed E-state index contributed by atoms with van der Waals surface area (Å²) in [4.78, 5) is 0. The Balaban J connectivity index is 2.22. The Hall–Kier alpha value is -0.840. The van der Waals surface area contributed by atoms with Gasteiger partial charge in [0.05, 0.1) is 15.8 Å². The number of hydrogen-bond donors (Lipinski definition) is 0. The molecule has 0 N–H and O–H groups in total. The molecule has 2 nitrogen and oxygen atoms in total. The Morgan fingerprint density at radius 1 is 1.12 bits per heavy atom. The van der Waals surface area contributed by atoms with Crippen molar-refractivity contribution in [1.29, 1.82) is 0 Å². The summed E-state index contributed by atoms with van der Waals surface area (Å²) in [5.41, 5.74) is 5.07. The molecule has 0 fully saturated rings. The van der Waals surface area contributed by atoms with Crippen molar-refractivity contribution in [2.75, 3.05) is 0 Å². The van der Waals surface area contributed by atoms with Crippen molar-refractivity contribution < 1.29 is 0 Å². The van der Waals surface area contributed by atoms with Gasteiger partial charge in [-0.05, 0) is 54.0 Å². The van der Waals surface area contributed by atoms with E-state index >= 15 is 0 Å². The van der Waals surface area contributed by atoms with Crippen LogP contribution in [0.15, 0.2) is 24.3 Å². The van der Waals surface area contributed by atoms with Gasteiger partial charge in [-0.25, -0.2) is 0 Å². The van der Waals surface area contributed by atoms with Crippen LogP contribution in [0.5, 0.6) is 0 Å². The van der Waals surface area contributed by atoms with Crippen LogP contribution in [0.3, 0.4) is 0 Å². The molecule has 2 aromatic rings. The monoisotopic (exact) mass is 340 g/mol. The van der Waals surface area contributed by atoms with Crippen LogP contribution in [0.1, 0.15) is 29.4 Å². The summed E-state index contributed by atoms with van der Waals surface area (Å²) >= 11 is 2.36. The fourth-order valence-corrected chi connectivity index (χ4v) is 2.27. The molecule has 0 spiro atoms. The first-order valence-electron chi connectivity index (χ1n) is 5.89. The van der Waals surface area contributed by atoms with Crippen LogP contribution in [0, 0.1) is 17.4 Å². The molecule has 0 radical (unpaired) electrons. The second kappa shape index (κ2) is 5.21. The third kappa shape index (κ3) is 2.70. The second-order valence-corrected chi connectivity index (χ2v) is 5.39. The van der Waals surface area contributed by atoms with Crippen molar-refractivity contribution in [3.05, 3.63) is 50.4 Å². The van der Waals surface area contributed by atoms with E-state index in [2.05, 4.69) is 77.4 Å². The molecular weight excluding hydrogens is 323 g/mol. The summed E-state index contributed by atoms with van der Waals surface area (Å²) in [5.74, 6) is 0. The summed E-state index contributed by atoms with van der Waals surface area (Å²) in [6, 6.07) is 8.79. The standard InChI is InChI=1S/C14H17IN2/c1-4-12-5-7-13(8-6-12)9-17-11(3)14(15)10(2)16-17/h5-8H,4,9H2,1-3H3. The number of rotatable bonds is 3. The minimum atomic E-state index is 0.861. The molecule has 3 heteroatoms. The third-order valence-corrected chi connectivity index (χ3v) is 4.62. The maximum Gasteiger partial charge on any atom is 0.0730 e. The molecule has 0 aliphatic carbocycles. The summed E-state index contributed by atoms with van der Waals surface area (Å²) in [5, 5.41) is 4.56. The SMILES string of the molecule is CCc1ccc(Cn2nc(C)c(I)c2C)cc1. The lowest BCUT2D eigenvalue weighted by Gasteiger charge is -2.05. The molecule has 0 aliphatic rings. The van der Waals surface area contributed by atoms with Crippen molar-refractivity contribution in [2.24, 2.45) is 0 Å². The fraction of sp³-hybridized carbons (Fsp3) is 0.357. The van der Waals surface area contributed by atoms with Gasteiger partial charge >= 0.3 is 0 Å². The first-order valence-corrected chi connectivity index (χ1v) is 6.97. The summed E-state index contributed by atoms with van der Waals surface area (Å²) in [6.07, 6.45) is 1.10. The fourth-order valence-electron chi connectivity index (χ4n) is 1.88. The first kappa shape index (κ1) is 12.6. The molecular formula is C14H17IN2. The highest BCUT2D eigenvalue weighted by atomic mass is 127. The van der Waals surface area contributed by atoms with Crippen LogP contribution >= 0.6 is 22.6 Å². The van der Waals surface area contributed by atoms with E-state index in [0.717, 1.165) is 18.7 Å². The van der Waals surface area contributed by atoms with E-state index in [4.69, 9.17) is 0 Å². The van der Waals surface area contributed by atoms with Crippen LogP contribution < -0.4 is 0 Å². The zero-order chi connectivity index (χ0) is 12.4. The maximum atomic E-state index is 4.56. The average Bonchev–Trinajstić information content (AvgIpc) is 2.58. The molecule has 1 heterocycles. The van der Waals surface area contributed by atoms with Gasteiger partial charge in [0.25, 0.3) is 0 Å². The highest BCUT2D eigenvalue weighted by Crippen LogP contribution is 2.16. The molecule has 1 aromatic heterocycles. The summed E-state index contributed by atoms with van der Waals surface area (Å²) < 4.78 is 3.35. The summed E-state index contributed by atoms with van der Waals surface area (Å²) in [6.45, 7) is 7.23. The molecule has 0 saturated carbocycles. The van der Waals surface area contributed by atoms with Crippen LogP contribution in [-0.2, 0) is 13.0 Å². The third-order valence-electron chi connectivity index (χ3n) is 3.06. The smallest absolute Gasteiger partial charge is 0.0730 e. The topological polar surface area (TPSA) is 17.8 Å². The lowest BCUT2D eigenvalue weighted by molar-refractivity contribution is 0.658. The highest BCUT2D eigenvalue weighted by Gasteiger charge is 2.08. The Morgan fingerprint density at radius 3 is 2.18 bits per heavy atom. The van der Waals surface area contributed by atoms with Crippen molar-refractivity contribution in [3.63, 3.8) is 0 Å². The Bertz CT molecular complexity index is 512. The molecule has 0 amide bonds. The van der Waals surface area contributed by atoms with E-state index in [1.807, 2.05) is 0 Å². The minimum Gasteiger partial charge on any atom is -0.264 e. The number of benzene rings is 1. The predicted molar refractivity (Wildman–Crippen MR) is 79.3 cm³/mol. The van der Waals surface area contributed by atoms with Crippen LogP contribution in [0.4, 0.5) is 0 Å². The summed E-state index contributed by atoms with van der Waals surface area (Å²) in [7, 11) is 0. The number of hydrogen-bond acceptors (Lipinski definition) is 1. The van der Waals surface area contributed by atoms with Crippen molar-refractivity contribution in [3.8, 4) is 0 Å². The lowest BCUT2D eigenvalue weighted by atomic mass is 10.1. The quantitative estimate of drug-likeness (QED) is 0.779. The average molecular weight is 340 g/mol. The number of aryl methyl sites for hydroxylation is 2.